The molecule has 3 aromatic carbocycles. The van der Waals surface area contributed by atoms with Crippen molar-refractivity contribution in [2.24, 2.45) is 5.92 Å². The van der Waals surface area contributed by atoms with E-state index in [1.165, 1.54) is 35.2 Å². The normalized spacial score (nSPS) is 19.7. The summed E-state index contributed by atoms with van der Waals surface area (Å²) >= 11 is 5.95. The molecule has 0 fully saturated rings. The van der Waals surface area contributed by atoms with E-state index in [1.54, 1.807) is 62.4 Å². The van der Waals surface area contributed by atoms with Crippen LogP contribution in [0.1, 0.15) is 50.4 Å². The van der Waals surface area contributed by atoms with Crippen LogP contribution in [0, 0.1) is 5.92 Å². The molecular formula is C36H47ClN4O8S. The van der Waals surface area contributed by atoms with E-state index >= 15 is 0 Å². The Labute approximate surface area is 299 Å². The summed E-state index contributed by atoms with van der Waals surface area (Å²) < 4.78 is 46.7. The summed E-state index contributed by atoms with van der Waals surface area (Å²) in [5, 5.41) is 13.5. The zero-order valence-corrected chi connectivity index (χ0v) is 30.7. The Bertz CT molecular complexity index is 1690. The largest absolute Gasteiger partial charge is 0.497 e. The maximum Gasteiger partial charge on any atom is 0.321 e. The molecule has 3 aromatic rings. The highest BCUT2D eigenvalue weighted by atomic mass is 35.5. The summed E-state index contributed by atoms with van der Waals surface area (Å²) in [6, 6.07) is 16.4. The number of hydrogen-bond donors (Lipinski definition) is 3. The predicted octanol–water partition coefficient (Wildman–Crippen LogP) is 6.11. The van der Waals surface area contributed by atoms with Gasteiger partial charge >= 0.3 is 6.03 Å². The van der Waals surface area contributed by atoms with Crippen molar-refractivity contribution in [3.8, 4) is 11.5 Å². The monoisotopic (exact) mass is 730 g/mol. The van der Waals surface area contributed by atoms with Gasteiger partial charge in [0.25, 0.3) is 15.9 Å². The maximum atomic E-state index is 14.4. The number of halogens is 1. The number of carbonyl (C=O) groups excluding carboxylic acids is 2. The minimum Gasteiger partial charge on any atom is -0.497 e. The van der Waals surface area contributed by atoms with Crippen LogP contribution in [0.2, 0.25) is 5.02 Å². The average molecular weight is 731 g/mol. The van der Waals surface area contributed by atoms with Gasteiger partial charge in [-0.15, -0.1) is 0 Å². The van der Waals surface area contributed by atoms with Crippen LogP contribution < -0.4 is 19.5 Å². The number of ether oxygens (including phenoxy) is 3. The Balaban J connectivity index is 1.61. The summed E-state index contributed by atoms with van der Waals surface area (Å²) in [6.07, 6.45) is 1.53. The average Bonchev–Trinajstić information content (AvgIpc) is 3.09. The third-order valence-corrected chi connectivity index (χ3v) is 10.2. The Morgan fingerprint density at radius 1 is 1.08 bits per heavy atom. The highest BCUT2D eigenvalue weighted by Crippen LogP contribution is 2.30. The van der Waals surface area contributed by atoms with Crippen molar-refractivity contribution in [3.63, 3.8) is 0 Å². The van der Waals surface area contributed by atoms with Crippen LogP contribution >= 0.6 is 11.6 Å². The molecule has 1 aliphatic rings. The number of methoxy groups -OCH3 is 1. The Kier molecular flexibility index (Phi) is 13.8. The number of aliphatic hydroxyl groups is 1. The highest BCUT2D eigenvalue weighted by molar-refractivity contribution is 7.92. The molecule has 4 rings (SSSR count). The minimum atomic E-state index is -4.00. The second-order valence-electron chi connectivity index (χ2n) is 12.6. The summed E-state index contributed by atoms with van der Waals surface area (Å²) in [5.41, 5.74) is 0.923. The van der Waals surface area contributed by atoms with Crippen molar-refractivity contribution >= 4 is 44.9 Å². The van der Waals surface area contributed by atoms with E-state index in [4.69, 9.17) is 25.8 Å². The van der Waals surface area contributed by atoms with E-state index in [0.29, 0.717) is 35.2 Å². The molecular weight excluding hydrogens is 684 g/mol. The number of fused-ring (bicyclic) bond motifs is 1. The smallest absolute Gasteiger partial charge is 0.321 e. The lowest BCUT2D eigenvalue weighted by Crippen LogP contribution is -2.48. The summed E-state index contributed by atoms with van der Waals surface area (Å²) in [5.74, 6) is 0.254. The molecule has 0 saturated carbocycles. The predicted molar refractivity (Wildman–Crippen MR) is 194 cm³/mol. The molecule has 0 radical (unpaired) electrons. The minimum absolute atomic E-state index is 0.0104. The summed E-state index contributed by atoms with van der Waals surface area (Å²) in [6.45, 7) is 6.13. The first-order valence-electron chi connectivity index (χ1n) is 16.6. The van der Waals surface area contributed by atoms with Gasteiger partial charge in [0.05, 0.1) is 42.4 Å². The van der Waals surface area contributed by atoms with Gasteiger partial charge in [-0.25, -0.2) is 13.2 Å². The lowest BCUT2D eigenvalue weighted by molar-refractivity contribution is -0.0115. The fourth-order valence-corrected chi connectivity index (χ4v) is 6.70. The van der Waals surface area contributed by atoms with Gasteiger partial charge in [-0.1, -0.05) is 18.5 Å². The molecule has 0 saturated heterocycles. The highest BCUT2D eigenvalue weighted by Gasteiger charge is 2.31. The molecule has 4 atom stereocenters. The Hall–Kier alpha value is -4.04. The van der Waals surface area contributed by atoms with Gasteiger partial charge in [-0.2, -0.15) is 0 Å². The van der Waals surface area contributed by atoms with Gasteiger partial charge in [-0.05, 0) is 99.8 Å². The van der Waals surface area contributed by atoms with Crippen LogP contribution in [0.25, 0.3) is 0 Å². The van der Waals surface area contributed by atoms with Crippen molar-refractivity contribution in [2.45, 2.75) is 63.2 Å². The lowest BCUT2D eigenvalue weighted by Gasteiger charge is -2.35. The number of anilines is 2. The van der Waals surface area contributed by atoms with Crippen molar-refractivity contribution in [3.05, 3.63) is 77.3 Å². The molecule has 0 unspecified atom stereocenters. The van der Waals surface area contributed by atoms with E-state index < -0.39 is 28.1 Å². The van der Waals surface area contributed by atoms with Gasteiger partial charge in [0.15, 0.2) is 0 Å². The number of rotatable bonds is 9. The maximum absolute atomic E-state index is 14.4. The van der Waals surface area contributed by atoms with Crippen molar-refractivity contribution in [1.29, 1.82) is 0 Å². The number of carbonyl (C=O) groups is 2. The molecule has 1 heterocycles. The van der Waals surface area contributed by atoms with Crippen LogP contribution in [0.3, 0.4) is 0 Å². The Morgan fingerprint density at radius 3 is 2.42 bits per heavy atom. The lowest BCUT2D eigenvalue weighted by atomic mass is 10.0. The molecule has 272 valence electrons. The first-order valence-corrected chi connectivity index (χ1v) is 18.5. The zero-order chi connectivity index (χ0) is 36.4. The molecule has 0 spiro atoms. The molecule has 50 heavy (non-hydrogen) atoms. The number of aliphatic hydroxyl groups excluding tert-OH is 1. The summed E-state index contributed by atoms with van der Waals surface area (Å²) in [4.78, 5) is 30.6. The van der Waals surface area contributed by atoms with E-state index in [1.807, 2.05) is 13.8 Å². The third-order valence-electron chi connectivity index (χ3n) is 8.57. The third kappa shape index (κ3) is 10.5. The van der Waals surface area contributed by atoms with Crippen LogP contribution in [-0.2, 0) is 14.8 Å². The van der Waals surface area contributed by atoms with E-state index in [9.17, 15) is 23.1 Å². The van der Waals surface area contributed by atoms with Crippen molar-refractivity contribution in [1.82, 2.24) is 9.80 Å². The topological polar surface area (TPSA) is 147 Å². The van der Waals surface area contributed by atoms with Gasteiger partial charge in [0, 0.05) is 49.1 Å². The zero-order valence-electron chi connectivity index (χ0n) is 29.1. The number of likely N-dealkylation sites (N-methyl/N-ethyl adjacent to an activating group) is 1. The van der Waals surface area contributed by atoms with Crippen LogP contribution in [-0.4, -0.2) is 94.0 Å². The van der Waals surface area contributed by atoms with Gasteiger partial charge < -0.3 is 34.4 Å². The number of benzene rings is 3. The van der Waals surface area contributed by atoms with E-state index in [-0.39, 0.29) is 53.9 Å². The second kappa shape index (κ2) is 17.8. The molecule has 12 nitrogen and oxygen atoms in total. The van der Waals surface area contributed by atoms with Crippen molar-refractivity contribution in [2.75, 3.05) is 50.5 Å². The SMILES string of the molecule is COc1ccc(NC(=O)N(C)C[C@@H]2OCCCC[C@H](C)Oc3ccc(NS(=O)(=O)c4ccc(Cl)cc4)cc3C(=O)N([C@H](C)CO)C[C@H]2C)cc1. The van der Waals surface area contributed by atoms with Crippen molar-refractivity contribution < 1.29 is 37.3 Å². The number of nitrogens with one attached hydrogen (secondary N) is 2. The molecule has 0 aromatic heterocycles. The molecule has 14 heteroatoms. The van der Waals surface area contributed by atoms with Gasteiger partial charge in [0.2, 0.25) is 0 Å². The number of amides is 3. The van der Waals surface area contributed by atoms with E-state index in [2.05, 4.69) is 10.0 Å². The van der Waals surface area contributed by atoms with E-state index in [0.717, 1.165) is 12.8 Å². The van der Waals surface area contributed by atoms with Crippen LogP contribution in [0.15, 0.2) is 71.6 Å². The molecule has 0 aliphatic carbocycles. The van der Waals surface area contributed by atoms with Crippen LogP contribution in [0.5, 0.6) is 11.5 Å². The first-order chi connectivity index (χ1) is 23.8. The Morgan fingerprint density at radius 2 is 1.76 bits per heavy atom. The molecule has 3 N–H and O–H groups in total. The first kappa shape index (κ1) is 38.8. The second-order valence-corrected chi connectivity index (χ2v) is 14.7. The number of sulfonamides is 1. The molecule has 1 aliphatic heterocycles. The number of hydrogen-bond acceptors (Lipinski definition) is 8. The quantitative estimate of drug-likeness (QED) is 0.239. The van der Waals surface area contributed by atoms with Crippen LogP contribution in [0.4, 0.5) is 16.2 Å². The standard InChI is InChI=1S/C36H47ClN4O8S/c1-24-21-41(25(2)23-42)35(43)32-20-29(39-50(45,46)31-16-9-27(37)10-17-31)13-18-33(32)49-26(3)8-6-7-19-48-34(24)22-40(4)36(44)38-28-11-14-30(47-5)15-12-28/h9-18,20,24-26,34,39,42H,6-8,19,21-23H2,1-5H3,(H,38,44)/t24-,25-,26+,34+/m1/s1. The fourth-order valence-electron chi connectivity index (χ4n) is 5.52. The van der Waals surface area contributed by atoms with Gasteiger partial charge in [0.1, 0.15) is 11.5 Å². The number of urea groups is 1. The van der Waals surface area contributed by atoms with Gasteiger partial charge in [-0.3, -0.25) is 9.52 Å². The summed E-state index contributed by atoms with van der Waals surface area (Å²) in [7, 11) is -0.745. The number of nitrogens with zero attached hydrogens (tertiary/aromatic N) is 2. The fraction of sp³-hybridized carbons (Fsp3) is 0.444. The molecule has 0 bridgehead atoms. The molecule has 3 amide bonds.